The third-order valence-electron chi connectivity index (χ3n) is 5.54. The number of urea groups is 1. The summed E-state index contributed by atoms with van der Waals surface area (Å²) in [6.07, 6.45) is 0. The lowest BCUT2D eigenvalue weighted by Crippen LogP contribution is -2.54. The van der Waals surface area contributed by atoms with Gasteiger partial charge in [-0.1, -0.05) is 43.9 Å². The molecule has 0 aromatic heterocycles. The Hall–Kier alpha value is -3.79. The van der Waals surface area contributed by atoms with Gasteiger partial charge < -0.3 is 15.0 Å². The Kier molecular flexibility index (Phi) is 5.15. The third-order valence-corrected chi connectivity index (χ3v) is 5.54. The van der Waals surface area contributed by atoms with Gasteiger partial charge in [-0.05, 0) is 41.3 Å². The van der Waals surface area contributed by atoms with Crippen molar-refractivity contribution in [2.45, 2.75) is 31.8 Å². The number of ether oxygens (including phenoxy) is 1. The summed E-state index contributed by atoms with van der Waals surface area (Å²) in [5.41, 5.74) is 1.70. The number of imide groups is 1. The Morgan fingerprint density at radius 2 is 1.97 bits per heavy atom. The van der Waals surface area contributed by atoms with Crippen LogP contribution in [0.5, 0.6) is 5.75 Å². The summed E-state index contributed by atoms with van der Waals surface area (Å²) in [7, 11) is 1.54. The van der Waals surface area contributed by atoms with Crippen molar-refractivity contribution in [3.63, 3.8) is 0 Å². The highest BCUT2D eigenvalue weighted by atomic mass is 16.5. The SMILES string of the molecule is COc1ccc2c(c1)C(=O)N(C[C@]1(C#Cc3cccc(C(C)C)c3)NC(=O)NC1=O)C2. The molecular formula is C24H23N3O4. The van der Waals surface area contributed by atoms with Crippen LogP contribution in [-0.4, -0.2) is 41.9 Å². The average molecular weight is 417 g/mol. The largest absolute Gasteiger partial charge is 0.497 e. The second kappa shape index (κ2) is 7.80. The van der Waals surface area contributed by atoms with Crippen molar-refractivity contribution < 1.29 is 19.1 Å². The van der Waals surface area contributed by atoms with Crippen molar-refractivity contribution in [1.82, 2.24) is 15.5 Å². The van der Waals surface area contributed by atoms with E-state index in [9.17, 15) is 14.4 Å². The summed E-state index contributed by atoms with van der Waals surface area (Å²) < 4.78 is 5.21. The lowest BCUT2D eigenvalue weighted by Gasteiger charge is -2.26. The van der Waals surface area contributed by atoms with Gasteiger partial charge in [-0.3, -0.25) is 14.9 Å². The fourth-order valence-corrected chi connectivity index (χ4v) is 3.77. The first-order chi connectivity index (χ1) is 14.8. The molecule has 7 heteroatoms. The van der Waals surface area contributed by atoms with Crippen molar-refractivity contribution in [3.8, 4) is 17.6 Å². The highest BCUT2D eigenvalue weighted by Crippen LogP contribution is 2.28. The fourth-order valence-electron chi connectivity index (χ4n) is 3.77. The van der Waals surface area contributed by atoms with Crippen LogP contribution < -0.4 is 15.4 Å². The van der Waals surface area contributed by atoms with Gasteiger partial charge in [0.05, 0.1) is 13.7 Å². The molecule has 1 saturated heterocycles. The number of hydrogen-bond donors (Lipinski definition) is 2. The smallest absolute Gasteiger partial charge is 0.323 e. The molecule has 0 bridgehead atoms. The second-order valence-corrected chi connectivity index (χ2v) is 8.03. The average Bonchev–Trinajstić information content (AvgIpc) is 3.21. The zero-order chi connectivity index (χ0) is 22.2. The monoisotopic (exact) mass is 417 g/mol. The molecule has 1 fully saturated rings. The summed E-state index contributed by atoms with van der Waals surface area (Å²) in [4.78, 5) is 39.1. The normalized spacial score (nSPS) is 19.6. The van der Waals surface area contributed by atoms with Crippen molar-refractivity contribution in [2.24, 2.45) is 0 Å². The molecule has 2 N–H and O–H groups in total. The van der Waals surface area contributed by atoms with Gasteiger partial charge in [-0.2, -0.15) is 0 Å². The Labute approximate surface area is 180 Å². The predicted octanol–water partition coefficient (Wildman–Crippen LogP) is 2.40. The molecule has 0 unspecified atom stereocenters. The molecule has 4 amide bonds. The standard InChI is InChI=1S/C24H23N3O4/c1-15(2)17-6-4-5-16(11-17)9-10-24(22(29)25-23(30)26-24)14-27-13-18-7-8-19(31-3)12-20(18)21(27)28/h4-8,11-12,15H,13-14H2,1-3H3,(H2,25,26,29,30)/t24-/m0/s1. The van der Waals surface area contributed by atoms with Crippen LogP contribution in [0.25, 0.3) is 0 Å². The van der Waals surface area contributed by atoms with E-state index in [1.54, 1.807) is 12.1 Å². The minimum absolute atomic E-state index is 0.0583. The van der Waals surface area contributed by atoms with E-state index < -0.39 is 17.5 Å². The van der Waals surface area contributed by atoms with Gasteiger partial charge >= 0.3 is 6.03 Å². The van der Waals surface area contributed by atoms with Crippen molar-refractivity contribution in [1.29, 1.82) is 0 Å². The molecule has 0 radical (unpaired) electrons. The predicted molar refractivity (Wildman–Crippen MR) is 115 cm³/mol. The van der Waals surface area contributed by atoms with Gasteiger partial charge in [0, 0.05) is 17.7 Å². The molecule has 2 aliphatic heterocycles. The van der Waals surface area contributed by atoms with Crippen LogP contribution in [0.15, 0.2) is 42.5 Å². The van der Waals surface area contributed by atoms with E-state index in [0.717, 1.165) is 16.7 Å². The fraction of sp³-hybridized carbons (Fsp3) is 0.292. The molecular weight excluding hydrogens is 394 g/mol. The zero-order valence-electron chi connectivity index (χ0n) is 17.6. The zero-order valence-corrected chi connectivity index (χ0v) is 17.6. The minimum Gasteiger partial charge on any atom is -0.497 e. The molecule has 0 spiro atoms. The maximum Gasteiger partial charge on any atom is 0.323 e. The van der Waals surface area contributed by atoms with E-state index in [1.807, 2.05) is 30.3 Å². The Morgan fingerprint density at radius 3 is 2.65 bits per heavy atom. The lowest BCUT2D eigenvalue weighted by atomic mass is 9.97. The number of rotatable bonds is 4. The van der Waals surface area contributed by atoms with Crippen molar-refractivity contribution in [2.75, 3.05) is 13.7 Å². The number of nitrogens with one attached hydrogen (secondary N) is 2. The third kappa shape index (κ3) is 3.84. The van der Waals surface area contributed by atoms with E-state index in [4.69, 9.17) is 4.74 Å². The van der Waals surface area contributed by atoms with Crippen LogP contribution in [0.4, 0.5) is 4.79 Å². The van der Waals surface area contributed by atoms with Gasteiger partial charge in [-0.25, -0.2) is 4.79 Å². The summed E-state index contributed by atoms with van der Waals surface area (Å²) >= 11 is 0. The van der Waals surface area contributed by atoms with E-state index in [1.165, 1.54) is 12.0 Å². The van der Waals surface area contributed by atoms with Crippen LogP contribution >= 0.6 is 0 Å². The number of fused-ring (bicyclic) bond motifs is 1. The van der Waals surface area contributed by atoms with E-state index >= 15 is 0 Å². The van der Waals surface area contributed by atoms with Crippen LogP contribution in [0.2, 0.25) is 0 Å². The molecule has 2 aromatic carbocycles. The van der Waals surface area contributed by atoms with Crippen molar-refractivity contribution in [3.05, 3.63) is 64.7 Å². The van der Waals surface area contributed by atoms with Gasteiger partial charge in [-0.15, -0.1) is 0 Å². The topological polar surface area (TPSA) is 87.7 Å². The molecule has 7 nitrogen and oxygen atoms in total. The second-order valence-electron chi connectivity index (χ2n) is 8.03. The van der Waals surface area contributed by atoms with Crippen LogP contribution in [0.3, 0.4) is 0 Å². The summed E-state index contributed by atoms with van der Waals surface area (Å²) in [6, 6.07) is 12.4. The molecule has 31 heavy (non-hydrogen) atoms. The number of methoxy groups -OCH3 is 1. The number of amides is 4. The molecule has 0 saturated carbocycles. The number of benzene rings is 2. The van der Waals surface area contributed by atoms with Crippen LogP contribution in [0, 0.1) is 11.8 Å². The van der Waals surface area contributed by atoms with Crippen LogP contribution in [0.1, 0.15) is 46.8 Å². The number of nitrogens with zero attached hydrogens (tertiary/aromatic N) is 1. The Morgan fingerprint density at radius 1 is 1.16 bits per heavy atom. The first kappa shape index (κ1) is 20.5. The minimum atomic E-state index is -1.52. The number of hydrogen-bond acceptors (Lipinski definition) is 4. The Balaban J connectivity index is 1.65. The molecule has 0 aliphatic carbocycles. The summed E-state index contributed by atoms with van der Waals surface area (Å²) in [6.45, 7) is 4.44. The maximum absolute atomic E-state index is 13.0. The van der Waals surface area contributed by atoms with E-state index in [0.29, 0.717) is 23.8 Å². The first-order valence-electron chi connectivity index (χ1n) is 10.0. The van der Waals surface area contributed by atoms with Gasteiger partial charge in [0.1, 0.15) is 5.75 Å². The molecule has 2 aliphatic rings. The van der Waals surface area contributed by atoms with Gasteiger partial charge in [0.25, 0.3) is 11.8 Å². The van der Waals surface area contributed by atoms with Crippen LogP contribution in [-0.2, 0) is 11.3 Å². The lowest BCUT2D eigenvalue weighted by molar-refractivity contribution is -0.122. The number of carbonyl (C=O) groups excluding carboxylic acids is 3. The van der Waals surface area contributed by atoms with Crippen molar-refractivity contribution >= 4 is 17.8 Å². The molecule has 1 atom stereocenters. The van der Waals surface area contributed by atoms with Gasteiger partial charge in [0.2, 0.25) is 5.54 Å². The van der Waals surface area contributed by atoms with Gasteiger partial charge in [0.15, 0.2) is 0 Å². The quantitative estimate of drug-likeness (QED) is 0.591. The highest BCUT2D eigenvalue weighted by molar-refractivity contribution is 6.10. The van der Waals surface area contributed by atoms with E-state index in [-0.39, 0.29) is 12.5 Å². The maximum atomic E-state index is 13.0. The number of carbonyl (C=O) groups is 3. The first-order valence-corrected chi connectivity index (χ1v) is 10.0. The summed E-state index contributed by atoms with van der Waals surface area (Å²) in [5.74, 6) is 6.09. The van der Waals surface area contributed by atoms with E-state index in [2.05, 4.69) is 36.3 Å². The molecule has 158 valence electrons. The molecule has 2 aromatic rings. The Bertz CT molecular complexity index is 1140. The molecule has 2 heterocycles. The molecule has 4 rings (SSSR count). The summed E-state index contributed by atoms with van der Waals surface area (Å²) in [5, 5.41) is 4.88. The highest BCUT2D eigenvalue weighted by Gasteiger charge is 2.48.